The third-order valence-electron chi connectivity index (χ3n) is 4.85. The second-order valence-electron chi connectivity index (χ2n) is 6.45. The first kappa shape index (κ1) is 15.5. The van der Waals surface area contributed by atoms with E-state index in [0.29, 0.717) is 11.9 Å². The zero-order valence-electron chi connectivity index (χ0n) is 13.5. The van der Waals surface area contributed by atoms with Crippen LogP contribution < -0.4 is 0 Å². The van der Waals surface area contributed by atoms with E-state index in [1.807, 2.05) is 18.5 Å². The van der Waals surface area contributed by atoms with E-state index >= 15 is 0 Å². The molecule has 1 aromatic carbocycles. The lowest BCUT2D eigenvalue weighted by Crippen LogP contribution is -2.40. The summed E-state index contributed by atoms with van der Waals surface area (Å²) in [6.07, 6.45) is 9.01. The topological polar surface area (TPSA) is 49.0 Å². The van der Waals surface area contributed by atoms with Crippen LogP contribution in [-0.4, -0.2) is 39.3 Å². The predicted molar refractivity (Wildman–Crippen MR) is 97.4 cm³/mol. The number of thioether (sulfide) groups is 1. The maximum Gasteiger partial charge on any atom is 0.230 e. The van der Waals surface area contributed by atoms with Crippen molar-refractivity contribution in [2.75, 3.05) is 12.3 Å². The van der Waals surface area contributed by atoms with Gasteiger partial charge in [0.15, 0.2) is 0 Å². The van der Waals surface area contributed by atoms with Crippen molar-refractivity contribution in [1.82, 2.24) is 15.1 Å². The lowest BCUT2D eigenvalue weighted by molar-refractivity contribution is -0.134. The lowest BCUT2D eigenvalue weighted by Gasteiger charge is -2.27. The summed E-state index contributed by atoms with van der Waals surface area (Å²) in [5.74, 6) is 1.13. The molecule has 1 amide bonds. The summed E-state index contributed by atoms with van der Waals surface area (Å²) in [5.41, 5.74) is 2.40. The van der Waals surface area contributed by atoms with Crippen molar-refractivity contribution < 1.29 is 4.79 Å². The summed E-state index contributed by atoms with van der Waals surface area (Å²) in [6, 6.07) is 10.8. The normalized spacial score (nSPS) is 23.5. The molecule has 4 nitrogen and oxygen atoms in total. The van der Waals surface area contributed by atoms with E-state index in [0.717, 1.165) is 37.1 Å². The summed E-state index contributed by atoms with van der Waals surface area (Å²) < 4.78 is 0. The summed E-state index contributed by atoms with van der Waals surface area (Å²) in [7, 11) is 0. The number of hydrogen-bond acceptors (Lipinski definition) is 3. The number of nitrogens with one attached hydrogen (secondary N) is 1. The van der Waals surface area contributed by atoms with Gasteiger partial charge in [0.2, 0.25) is 5.91 Å². The monoisotopic (exact) mass is 339 g/mol. The Balaban J connectivity index is 1.45. The van der Waals surface area contributed by atoms with Gasteiger partial charge in [-0.1, -0.05) is 36.4 Å². The molecule has 0 radical (unpaired) electrons. The fraction of sp³-hybridized carbons (Fsp3) is 0.368. The molecule has 2 aromatic rings. The Kier molecular flexibility index (Phi) is 4.43. The molecule has 124 valence electrons. The molecule has 3 heterocycles. The molecule has 24 heavy (non-hydrogen) atoms. The Hall–Kier alpha value is -2.01. The fourth-order valence-corrected chi connectivity index (χ4v) is 4.74. The average Bonchev–Trinajstić information content (AvgIpc) is 3.36. The first-order valence-electron chi connectivity index (χ1n) is 8.49. The standard InChI is InChI=1S/C19H21N3OS/c23-19(15-10-18(24-13-15)16-11-20-21-12-16)22-8-4-7-17(22)9-14-5-2-1-3-6-14/h1-3,5-6,10-12,15,17H,4,7-9,13H2,(H,20,21). The van der Waals surface area contributed by atoms with E-state index in [2.05, 4.69) is 45.4 Å². The van der Waals surface area contributed by atoms with Crippen LogP contribution in [0.5, 0.6) is 0 Å². The van der Waals surface area contributed by atoms with Crippen LogP contribution in [0.25, 0.3) is 4.91 Å². The van der Waals surface area contributed by atoms with Crippen molar-refractivity contribution in [3.05, 3.63) is 59.9 Å². The Morgan fingerprint density at radius 2 is 2.21 bits per heavy atom. The Morgan fingerprint density at radius 3 is 3.00 bits per heavy atom. The molecular weight excluding hydrogens is 318 g/mol. The van der Waals surface area contributed by atoms with Crippen molar-refractivity contribution in [3.8, 4) is 0 Å². The van der Waals surface area contributed by atoms with Crippen LogP contribution in [0.1, 0.15) is 24.0 Å². The van der Waals surface area contributed by atoms with Gasteiger partial charge in [0.1, 0.15) is 0 Å². The quantitative estimate of drug-likeness (QED) is 0.929. The fourth-order valence-electron chi connectivity index (χ4n) is 3.60. The van der Waals surface area contributed by atoms with Crippen LogP contribution in [0, 0.1) is 5.92 Å². The second-order valence-corrected chi connectivity index (χ2v) is 7.51. The molecule has 2 atom stereocenters. The van der Waals surface area contributed by atoms with E-state index in [-0.39, 0.29) is 5.92 Å². The number of H-pyrrole nitrogens is 1. The molecule has 2 unspecified atom stereocenters. The third-order valence-corrected chi connectivity index (χ3v) is 6.05. The second kappa shape index (κ2) is 6.85. The van der Waals surface area contributed by atoms with E-state index in [9.17, 15) is 4.79 Å². The van der Waals surface area contributed by atoms with Crippen molar-refractivity contribution in [2.45, 2.75) is 25.3 Å². The van der Waals surface area contributed by atoms with Gasteiger partial charge in [0.05, 0.1) is 12.1 Å². The van der Waals surface area contributed by atoms with Crippen LogP contribution in [0.3, 0.4) is 0 Å². The summed E-state index contributed by atoms with van der Waals surface area (Å²) >= 11 is 1.75. The minimum Gasteiger partial charge on any atom is -0.339 e. The molecular formula is C19H21N3OS. The van der Waals surface area contributed by atoms with Crippen LogP contribution in [0.4, 0.5) is 0 Å². The molecule has 0 aliphatic carbocycles. The van der Waals surface area contributed by atoms with Gasteiger partial charge in [0, 0.05) is 35.0 Å². The number of likely N-dealkylation sites (tertiary alicyclic amines) is 1. The molecule has 2 aliphatic rings. The number of rotatable bonds is 4. The molecule has 0 saturated carbocycles. The van der Waals surface area contributed by atoms with Gasteiger partial charge in [-0.2, -0.15) is 5.10 Å². The van der Waals surface area contributed by atoms with Crippen LogP contribution in [-0.2, 0) is 11.2 Å². The average molecular weight is 339 g/mol. The van der Waals surface area contributed by atoms with Gasteiger partial charge in [-0.05, 0) is 24.8 Å². The SMILES string of the molecule is O=C(C1C=C(c2cn[nH]c2)SC1)N1CCCC1Cc1ccccc1. The van der Waals surface area contributed by atoms with Gasteiger partial charge in [-0.15, -0.1) is 11.8 Å². The van der Waals surface area contributed by atoms with Gasteiger partial charge in [0.25, 0.3) is 0 Å². The molecule has 1 aromatic heterocycles. The van der Waals surface area contributed by atoms with Crippen molar-refractivity contribution in [2.24, 2.45) is 5.92 Å². The highest BCUT2D eigenvalue weighted by Gasteiger charge is 2.34. The van der Waals surface area contributed by atoms with Crippen LogP contribution in [0.15, 0.2) is 48.8 Å². The minimum absolute atomic E-state index is 0.00345. The predicted octanol–water partition coefficient (Wildman–Crippen LogP) is 3.35. The number of carbonyl (C=O) groups is 1. The van der Waals surface area contributed by atoms with Crippen molar-refractivity contribution >= 4 is 22.6 Å². The number of benzene rings is 1. The summed E-state index contributed by atoms with van der Waals surface area (Å²) in [6.45, 7) is 0.895. The Morgan fingerprint density at radius 1 is 1.33 bits per heavy atom. The summed E-state index contributed by atoms with van der Waals surface area (Å²) in [5, 5.41) is 6.84. The highest BCUT2D eigenvalue weighted by atomic mass is 32.2. The Bertz CT molecular complexity index is 726. The largest absolute Gasteiger partial charge is 0.339 e. The first-order chi connectivity index (χ1) is 11.8. The Labute approximate surface area is 146 Å². The van der Waals surface area contributed by atoms with Crippen LogP contribution >= 0.6 is 11.8 Å². The highest BCUT2D eigenvalue weighted by Crippen LogP contribution is 2.38. The van der Waals surface area contributed by atoms with E-state index in [1.165, 1.54) is 10.5 Å². The van der Waals surface area contributed by atoms with E-state index in [1.54, 1.807) is 11.8 Å². The molecule has 5 heteroatoms. The molecule has 1 saturated heterocycles. The third kappa shape index (κ3) is 3.13. The van der Waals surface area contributed by atoms with Gasteiger partial charge in [-0.3, -0.25) is 9.89 Å². The van der Waals surface area contributed by atoms with Gasteiger partial charge in [-0.25, -0.2) is 0 Å². The smallest absolute Gasteiger partial charge is 0.230 e. The van der Waals surface area contributed by atoms with Gasteiger partial charge < -0.3 is 4.90 Å². The molecule has 0 spiro atoms. The maximum absolute atomic E-state index is 13.0. The molecule has 4 rings (SSSR count). The zero-order chi connectivity index (χ0) is 16.4. The molecule has 1 fully saturated rings. The van der Waals surface area contributed by atoms with Crippen LogP contribution in [0.2, 0.25) is 0 Å². The van der Waals surface area contributed by atoms with E-state index in [4.69, 9.17) is 0 Å². The maximum atomic E-state index is 13.0. The molecule has 1 N–H and O–H groups in total. The van der Waals surface area contributed by atoms with Crippen molar-refractivity contribution in [1.29, 1.82) is 0 Å². The first-order valence-corrected chi connectivity index (χ1v) is 9.48. The zero-order valence-corrected chi connectivity index (χ0v) is 14.3. The number of carbonyl (C=O) groups excluding carboxylic acids is 1. The van der Waals surface area contributed by atoms with E-state index < -0.39 is 0 Å². The molecule has 2 aliphatic heterocycles. The molecule has 0 bridgehead atoms. The number of aromatic nitrogens is 2. The minimum atomic E-state index is -0.00345. The number of nitrogens with zero attached hydrogens (tertiary/aromatic N) is 2. The summed E-state index contributed by atoms with van der Waals surface area (Å²) in [4.78, 5) is 16.3. The lowest BCUT2D eigenvalue weighted by atomic mass is 10.0. The number of hydrogen-bond donors (Lipinski definition) is 1. The van der Waals surface area contributed by atoms with Gasteiger partial charge >= 0.3 is 0 Å². The van der Waals surface area contributed by atoms with Crippen molar-refractivity contribution in [3.63, 3.8) is 0 Å². The number of amides is 1. The highest BCUT2D eigenvalue weighted by molar-refractivity contribution is 8.08. The number of aromatic amines is 1.